The normalized spacial score (nSPS) is 13.4. The second kappa shape index (κ2) is 4.19. The summed E-state index contributed by atoms with van der Waals surface area (Å²) >= 11 is 4.07. The third kappa shape index (κ3) is 6.02. The predicted octanol–water partition coefficient (Wildman–Crippen LogP) is 1.28. The van der Waals surface area contributed by atoms with Gasteiger partial charge in [-0.25, -0.2) is 0 Å². The van der Waals surface area contributed by atoms with Gasteiger partial charge >= 0.3 is 0 Å². The highest BCUT2D eigenvalue weighted by Crippen LogP contribution is 1.99. The minimum atomic E-state index is 0.366. The molecule has 0 N–H and O–H groups in total. The molecule has 0 saturated carbocycles. The van der Waals surface area contributed by atoms with E-state index in [2.05, 4.69) is 12.6 Å². The van der Waals surface area contributed by atoms with Crippen LogP contribution in [0.1, 0.15) is 19.8 Å². The summed E-state index contributed by atoms with van der Waals surface area (Å²) in [4.78, 5) is 9.68. The van der Waals surface area contributed by atoms with Gasteiger partial charge < -0.3 is 4.79 Å². The van der Waals surface area contributed by atoms with E-state index in [0.717, 1.165) is 12.7 Å². The standard InChI is InChI=1S/C5H10OS/c1-5(7)3-2-4-6/h4-5,7H,2-3H2,1H3/t5-/m0/s1. The molecule has 1 nitrogen and oxygen atoms in total. The van der Waals surface area contributed by atoms with Crippen LogP contribution in [0.15, 0.2) is 0 Å². The third-order valence-corrected chi connectivity index (χ3v) is 0.960. The summed E-state index contributed by atoms with van der Waals surface area (Å²) in [5.41, 5.74) is 0. The molecule has 2 heteroatoms. The van der Waals surface area contributed by atoms with Crippen molar-refractivity contribution in [3.63, 3.8) is 0 Å². The molecule has 0 saturated heterocycles. The van der Waals surface area contributed by atoms with Gasteiger partial charge in [0.1, 0.15) is 6.29 Å². The van der Waals surface area contributed by atoms with E-state index < -0.39 is 0 Å². The molecule has 0 amide bonds. The summed E-state index contributed by atoms with van der Waals surface area (Å²) in [6, 6.07) is 0. The summed E-state index contributed by atoms with van der Waals surface area (Å²) in [7, 11) is 0. The van der Waals surface area contributed by atoms with Crippen molar-refractivity contribution in [3.8, 4) is 0 Å². The molecule has 0 bridgehead atoms. The van der Waals surface area contributed by atoms with Crippen molar-refractivity contribution in [1.29, 1.82) is 0 Å². The van der Waals surface area contributed by atoms with Crippen molar-refractivity contribution in [2.45, 2.75) is 25.0 Å². The van der Waals surface area contributed by atoms with Crippen LogP contribution < -0.4 is 0 Å². The summed E-state index contributed by atoms with van der Waals surface area (Å²) in [6.45, 7) is 1.98. The maximum atomic E-state index is 9.68. The van der Waals surface area contributed by atoms with Crippen LogP contribution in [0, 0.1) is 0 Å². The molecule has 0 aromatic heterocycles. The minimum Gasteiger partial charge on any atom is -0.303 e. The number of hydrogen-bond acceptors (Lipinski definition) is 2. The zero-order chi connectivity index (χ0) is 5.70. The molecule has 0 aliphatic carbocycles. The fraction of sp³-hybridized carbons (Fsp3) is 0.800. The minimum absolute atomic E-state index is 0.366. The Morgan fingerprint density at radius 3 is 2.57 bits per heavy atom. The lowest BCUT2D eigenvalue weighted by Crippen LogP contribution is -1.89. The Labute approximate surface area is 49.5 Å². The second-order valence-corrected chi connectivity index (χ2v) is 2.47. The molecular formula is C5H10OS. The van der Waals surface area contributed by atoms with E-state index in [1.165, 1.54) is 0 Å². The first-order chi connectivity index (χ1) is 3.27. The van der Waals surface area contributed by atoms with E-state index in [1.807, 2.05) is 6.92 Å². The maximum absolute atomic E-state index is 9.68. The predicted molar refractivity (Wildman–Crippen MR) is 33.7 cm³/mol. The number of carbonyl (C=O) groups is 1. The van der Waals surface area contributed by atoms with E-state index in [9.17, 15) is 4.79 Å². The van der Waals surface area contributed by atoms with Crippen molar-refractivity contribution < 1.29 is 4.79 Å². The Morgan fingerprint density at radius 1 is 1.86 bits per heavy atom. The first kappa shape index (κ1) is 7.02. The lowest BCUT2D eigenvalue weighted by Gasteiger charge is -1.94. The van der Waals surface area contributed by atoms with E-state index >= 15 is 0 Å². The molecule has 0 unspecified atom stereocenters. The summed E-state index contributed by atoms with van der Waals surface area (Å²) in [6.07, 6.45) is 2.46. The molecular weight excluding hydrogens is 108 g/mol. The molecule has 0 aliphatic rings. The van der Waals surface area contributed by atoms with Crippen LogP contribution in [-0.4, -0.2) is 11.5 Å². The maximum Gasteiger partial charge on any atom is 0.120 e. The van der Waals surface area contributed by atoms with E-state index in [4.69, 9.17) is 0 Å². The van der Waals surface area contributed by atoms with Gasteiger partial charge in [0.05, 0.1) is 0 Å². The first-order valence-electron chi connectivity index (χ1n) is 2.39. The quantitative estimate of drug-likeness (QED) is 0.436. The van der Waals surface area contributed by atoms with E-state index in [1.54, 1.807) is 0 Å². The number of thiol groups is 1. The van der Waals surface area contributed by atoms with Crippen LogP contribution >= 0.6 is 12.6 Å². The van der Waals surface area contributed by atoms with Crippen molar-refractivity contribution in [1.82, 2.24) is 0 Å². The van der Waals surface area contributed by atoms with Gasteiger partial charge in [-0.05, 0) is 11.7 Å². The molecule has 0 aromatic carbocycles. The van der Waals surface area contributed by atoms with Crippen LogP contribution in [0.4, 0.5) is 0 Å². The fourth-order valence-corrected chi connectivity index (χ4v) is 0.458. The van der Waals surface area contributed by atoms with Crippen LogP contribution in [-0.2, 0) is 4.79 Å². The van der Waals surface area contributed by atoms with E-state index in [0.29, 0.717) is 11.7 Å². The Kier molecular flexibility index (Phi) is 4.20. The van der Waals surface area contributed by atoms with Crippen LogP contribution in [0.2, 0.25) is 0 Å². The van der Waals surface area contributed by atoms with Gasteiger partial charge in [-0.2, -0.15) is 12.6 Å². The molecule has 0 heterocycles. The van der Waals surface area contributed by atoms with Gasteiger partial charge in [0.15, 0.2) is 0 Å². The Morgan fingerprint density at radius 2 is 2.43 bits per heavy atom. The van der Waals surface area contributed by atoms with Crippen molar-refractivity contribution in [2.24, 2.45) is 0 Å². The van der Waals surface area contributed by atoms with Gasteiger partial charge in [-0.1, -0.05) is 6.92 Å². The monoisotopic (exact) mass is 118 g/mol. The number of rotatable bonds is 3. The Balaban J connectivity index is 2.81. The number of aldehydes is 1. The molecule has 0 fully saturated rings. The average molecular weight is 118 g/mol. The Bertz CT molecular complexity index is 52.0. The zero-order valence-corrected chi connectivity index (χ0v) is 5.32. The van der Waals surface area contributed by atoms with Gasteiger partial charge in [0.2, 0.25) is 0 Å². The zero-order valence-electron chi connectivity index (χ0n) is 4.42. The molecule has 0 radical (unpaired) electrons. The van der Waals surface area contributed by atoms with E-state index in [-0.39, 0.29) is 0 Å². The van der Waals surface area contributed by atoms with Crippen LogP contribution in [0.25, 0.3) is 0 Å². The lowest BCUT2D eigenvalue weighted by atomic mass is 10.3. The van der Waals surface area contributed by atoms with Crippen molar-refractivity contribution in [2.75, 3.05) is 0 Å². The van der Waals surface area contributed by atoms with Gasteiger partial charge in [0.25, 0.3) is 0 Å². The molecule has 42 valence electrons. The topological polar surface area (TPSA) is 17.1 Å². The highest BCUT2D eigenvalue weighted by Gasteiger charge is 1.89. The van der Waals surface area contributed by atoms with Crippen LogP contribution in [0.5, 0.6) is 0 Å². The summed E-state index contributed by atoms with van der Waals surface area (Å²) < 4.78 is 0. The molecule has 7 heavy (non-hydrogen) atoms. The molecule has 0 aromatic rings. The summed E-state index contributed by atoms with van der Waals surface area (Å²) in [5.74, 6) is 0. The fourth-order valence-electron chi connectivity index (χ4n) is 0.309. The molecule has 0 spiro atoms. The summed E-state index contributed by atoms with van der Waals surface area (Å²) in [5, 5.41) is 0.366. The lowest BCUT2D eigenvalue weighted by molar-refractivity contribution is -0.107. The SMILES string of the molecule is C[C@H](S)CCC=O. The largest absolute Gasteiger partial charge is 0.303 e. The number of carbonyl (C=O) groups excluding carboxylic acids is 1. The molecule has 0 rings (SSSR count). The second-order valence-electron chi connectivity index (χ2n) is 1.59. The Hall–Kier alpha value is 0.0200. The van der Waals surface area contributed by atoms with Crippen molar-refractivity contribution >= 4 is 18.9 Å². The van der Waals surface area contributed by atoms with Gasteiger partial charge in [0, 0.05) is 6.42 Å². The van der Waals surface area contributed by atoms with Crippen molar-refractivity contribution in [3.05, 3.63) is 0 Å². The van der Waals surface area contributed by atoms with Gasteiger partial charge in [-0.15, -0.1) is 0 Å². The first-order valence-corrected chi connectivity index (χ1v) is 2.90. The smallest absolute Gasteiger partial charge is 0.120 e. The molecule has 1 atom stereocenters. The highest BCUT2D eigenvalue weighted by molar-refractivity contribution is 7.80. The van der Waals surface area contributed by atoms with Crippen LogP contribution in [0.3, 0.4) is 0 Å². The molecule has 0 aliphatic heterocycles. The van der Waals surface area contributed by atoms with Gasteiger partial charge in [-0.3, -0.25) is 0 Å². The number of hydrogen-bond donors (Lipinski definition) is 1. The average Bonchev–Trinajstić information content (AvgIpc) is 1.61. The third-order valence-electron chi connectivity index (χ3n) is 0.702. The highest BCUT2D eigenvalue weighted by atomic mass is 32.1.